The van der Waals surface area contributed by atoms with Gasteiger partial charge in [0.05, 0.1) is 0 Å². The predicted molar refractivity (Wildman–Crippen MR) is 306 cm³/mol. The van der Waals surface area contributed by atoms with E-state index in [-0.39, 0.29) is 47.7 Å². The van der Waals surface area contributed by atoms with Gasteiger partial charge in [0, 0.05) is 60.8 Å². The molecule has 74 heavy (non-hydrogen) atoms. The Hall–Kier alpha value is -4.16. The first kappa shape index (κ1) is 54.6. The first-order chi connectivity index (χ1) is 34.3. The van der Waals surface area contributed by atoms with Crippen molar-refractivity contribution in [3.8, 4) is 5.82 Å². The Kier molecular flexibility index (Phi) is 15.0. The summed E-state index contributed by atoms with van der Waals surface area (Å²) in [6.45, 7) is 34.4. The van der Waals surface area contributed by atoms with Crippen LogP contribution in [-0.2, 0) is 53.9 Å². The number of pyridine rings is 1. The molecule has 0 atom stereocenters. The molecule has 5 aromatic carbocycles. The molecule has 0 radical (unpaired) electrons. The fraction of sp³-hybridized carbons (Fsp3) is 0.357. The van der Waals surface area contributed by atoms with E-state index in [1.807, 2.05) is 12.3 Å². The fourth-order valence-corrected chi connectivity index (χ4v) is 10.3. The van der Waals surface area contributed by atoms with Crippen LogP contribution in [0.1, 0.15) is 109 Å². The van der Waals surface area contributed by atoms with Gasteiger partial charge in [0.25, 0.3) is 0 Å². The Morgan fingerprint density at radius 2 is 1.03 bits per heavy atom. The van der Waals surface area contributed by atoms with Crippen LogP contribution in [0.5, 0.6) is 0 Å². The number of para-hydroxylation sites is 4. The standard InChI is InChI=1S/C56H65B6N4O6S.Pt/c1-52(2,3)38-32-33-63-50(34-38)66-46-27-17-16-24-42(46)43-31-30-41(36-49(43)66)73-40-23-20-22-39(35-40)64-37-65(48-29-19-18-28-47(48)64)51-44(57-67-59(53(4,5)6)71-60(68-57)54(7,8)9)25-21-26-45(51)58-69-61(55(10,11)12)72-62(70-58)56(13,14)15;/h16-34,37H,1-15H3;/q-3;. The first-order valence-electron chi connectivity index (χ1n) is 25.5. The van der Waals surface area contributed by atoms with Crippen molar-refractivity contribution >= 4 is 110 Å². The molecule has 0 N–H and O–H groups in total. The Morgan fingerprint density at radius 3 is 1.58 bits per heavy atom. The number of aromatic nitrogens is 2. The van der Waals surface area contributed by atoms with E-state index in [4.69, 9.17) is 32.4 Å². The summed E-state index contributed by atoms with van der Waals surface area (Å²) in [7, 11) is -3.84. The second-order valence-corrected chi connectivity index (χ2v) is 26.1. The van der Waals surface area contributed by atoms with E-state index in [9.17, 15) is 0 Å². The maximum absolute atomic E-state index is 6.90. The molecule has 0 amide bonds. The first-order valence-corrected chi connectivity index (χ1v) is 26.4. The molecular formula is C56H65B6N4O6PtS-3. The maximum Gasteiger partial charge on any atom is 0.468 e. The number of hydrogen-bond donors (Lipinski definition) is 0. The van der Waals surface area contributed by atoms with E-state index in [1.165, 1.54) is 5.56 Å². The average molecular weight is 1180 g/mol. The zero-order valence-corrected chi connectivity index (χ0v) is 48.6. The van der Waals surface area contributed by atoms with Gasteiger partial charge in [0.2, 0.25) is 0 Å². The van der Waals surface area contributed by atoms with Gasteiger partial charge in [0.1, 0.15) is 5.82 Å². The number of nitrogens with zero attached hydrogens (tertiary/aromatic N) is 4. The third-order valence-corrected chi connectivity index (χ3v) is 14.3. The van der Waals surface area contributed by atoms with Gasteiger partial charge in [-0.2, -0.15) is 24.3 Å². The zero-order chi connectivity index (χ0) is 52.0. The van der Waals surface area contributed by atoms with Gasteiger partial charge in [-0.1, -0.05) is 158 Å². The Balaban J connectivity index is 0.00000672. The minimum Gasteiger partial charge on any atom is -0.493 e. The summed E-state index contributed by atoms with van der Waals surface area (Å²) in [5.41, 5.74) is 8.52. The molecule has 0 bridgehead atoms. The van der Waals surface area contributed by atoms with E-state index in [0.717, 1.165) is 71.1 Å². The number of anilines is 4. The van der Waals surface area contributed by atoms with Crippen LogP contribution in [0.3, 0.4) is 0 Å². The molecule has 18 heteroatoms. The summed E-state index contributed by atoms with van der Waals surface area (Å²) in [6, 6.07) is 45.8. The Morgan fingerprint density at radius 1 is 0.514 bits per heavy atom. The van der Waals surface area contributed by atoms with Crippen molar-refractivity contribution in [3.63, 3.8) is 0 Å². The quantitative estimate of drug-likeness (QED) is 0.114. The van der Waals surface area contributed by atoms with Crippen LogP contribution in [0.25, 0.3) is 27.6 Å². The van der Waals surface area contributed by atoms with Crippen molar-refractivity contribution in [2.24, 2.45) is 0 Å². The SMILES string of the molecule is CC(C)(C)B1OB(c2cccc(B3OB(C(C)(C)C)OB(C(C)(C)C)O3)c2N2[CH-]N(c3[c-]c(Sc4[c-]c5c(cc4)c4ccccc4n5-c4cc(C(C)(C)C)ccn4)ccc3)c3ccccc32)OB(C(C)(C)C)O1.[Pt]. The summed E-state index contributed by atoms with van der Waals surface area (Å²) in [4.78, 5) is 11.2. The van der Waals surface area contributed by atoms with Crippen molar-refractivity contribution < 1.29 is 48.5 Å². The summed E-state index contributed by atoms with van der Waals surface area (Å²) in [5.74, 6) is 0.874. The molecule has 7 aromatic rings. The largest absolute Gasteiger partial charge is 0.493 e. The van der Waals surface area contributed by atoms with E-state index < -0.39 is 42.7 Å². The van der Waals surface area contributed by atoms with Crippen LogP contribution in [0.4, 0.5) is 22.7 Å². The van der Waals surface area contributed by atoms with Gasteiger partial charge in [-0.15, -0.1) is 57.5 Å². The number of rotatable bonds is 7. The van der Waals surface area contributed by atoms with Crippen LogP contribution in [-0.4, -0.2) is 52.3 Å². The van der Waals surface area contributed by atoms with Crippen molar-refractivity contribution in [2.75, 3.05) is 9.80 Å². The van der Waals surface area contributed by atoms with E-state index in [0.29, 0.717) is 0 Å². The smallest absolute Gasteiger partial charge is 0.468 e. The molecule has 2 saturated heterocycles. The minimum absolute atomic E-state index is 0. The minimum atomic E-state index is -0.805. The molecule has 0 spiro atoms. The molecule has 3 aliphatic rings. The van der Waals surface area contributed by atoms with E-state index in [2.05, 4.69) is 240 Å². The topological polar surface area (TPSA) is 79.7 Å². The second kappa shape index (κ2) is 20.3. The molecule has 382 valence electrons. The van der Waals surface area contributed by atoms with Crippen molar-refractivity contribution in [1.82, 2.24) is 9.55 Å². The molecule has 3 aliphatic heterocycles. The maximum atomic E-state index is 6.90. The number of benzene rings is 5. The predicted octanol–water partition coefficient (Wildman–Crippen LogP) is 13.3. The summed E-state index contributed by atoms with van der Waals surface area (Å²) < 4.78 is 43.0. The number of fused-ring (bicyclic) bond motifs is 4. The van der Waals surface area contributed by atoms with Crippen LogP contribution >= 0.6 is 11.8 Å². The second-order valence-electron chi connectivity index (χ2n) is 25.0. The van der Waals surface area contributed by atoms with E-state index >= 15 is 0 Å². The van der Waals surface area contributed by atoms with Crippen molar-refractivity contribution in [1.29, 1.82) is 0 Å². The van der Waals surface area contributed by atoms with Crippen molar-refractivity contribution in [2.45, 2.75) is 140 Å². The van der Waals surface area contributed by atoms with Crippen LogP contribution in [0.15, 0.2) is 125 Å². The van der Waals surface area contributed by atoms with E-state index in [1.54, 1.807) is 11.8 Å². The molecule has 2 fully saturated rings. The molecule has 10 nitrogen and oxygen atoms in total. The third kappa shape index (κ3) is 10.9. The van der Waals surface area contributed by atoms with Crippen LogP contribution in [0, 0.1) is 18.8 Å². The molecule has 10 rings (SSSR count). The normalized spacial score (nSPS) is 16.2. The van der Waals surface area contributed by atoms with Crippen molar-refractivity contribution in [3.05, 3.63) is 140 Å². The summed E-state index contributed by atoms with van der Waals surface area (Å²) in [6.07, 6.45) is 1.91. The Labute approximate surface area is 460 Å². The molecular weight excluding hydrogens is 1120 g/mol. The molecule has 0 unspecified atom stereocenters. The summed E-state index contributed by atoms with van der Waals surface area (Å²) in [5, 5.41) is 0.882. The Bertz CT molecular complexity index is 3070. The van der Waals surface area contributed by atoms with Crippen LogP contribution < -0.4 is 20.7 Å². The fourth-order valence-electron chi connectivity index (χ4n) is 9.45. The molecule has 5 heterocycles. The van der Waals surface area contributed by atoms with Gasteiger partial charge >= 0.3 is 42.7 Å². The van der Waals surface area contributed by atoms with Gasteiger partial charge in [-0.3, -0.25) is 0 Å². The van der Waals surface area contributed by atoms with Crippen LogP contribution in [0.2, 0.25) is 21.3 Å². The monoisotopic (exact) mass is 1180 g/mol. The summed E-state index contributed by atoms with van der Waals surface area (Å²) >= 11 is 1.64. The molecule has 0 aliphatic carbocycles. The van der Waals surface area contributed by atoms with Gasteiger partial charge in [-0.25, -0.2) is 4.98 Å². The van der Waals surface area contributed by atoms with Gasteiger partial charge in [0.15, 0.2) is 0 Å². The molecule has 2 aromatic heterocycles. The van der Waals surface area contributed by atoms with Gasteiger partial charge in [-0.05, 0) is 68.0 Å². The van der Waals surface area contributed by atoms with Gasteiger partial charge < -0.3 is 41.8 Å². The molecule has 0 saturated carbocycles. The number of hydrogen-bond acceptors (Lipinski definition) is 10. The third-order valence-electron chi connectivity index (χ3n) is 13.4. The zero-order valence-electron chi connectivity index (χ0n) is 45.5. The average Bonchev–Trinajstić information content (AvgIpc) is 3.88.